The number of unbranched alkanes of at least 4 members (excludes halogenated alkanes) is 1. The highest BCUT2D eigenvalue weighted by molar-refractivity contribution is 6.31. The fourth-order valence-electron chi connectivity index (χ4n) is 10.6. The zero-order valence-electron chi connectivity index (χ0n) is 34.8. The van der Waals surface area contributed by atoms with Crippen molar-refractivity contribution in [3.8, 4) is 11.8 Å². The second kappa shape index (κ2) is 17.5. The molecule has 2 spiro atoms. The maximum Gasteiger partial charge on any atom is 0.255 e. The Kier molecular flexibility index (Phi) is 11.8. The number of halogens is 3. The lowest BCUT2D eigenvalue weighted by molar-refractivity contribution is -0.137. The van der Waals surface area contributed by atoms with Gasteiger partial charge in [0.2, 0.25) is 23.6 Å². The van der Waals surface area contributed by atoms with Crippen molar-refractivity contribution in [1.82, 2.24) is 20.9 Å². The minimum absolute atomic E-state index is 0.108. The molecule has 1 saturated carbocycles. The normalized spacial score (nSPS) is 23.0. The predicted octanol–water partition coefficient (Wildman–Crippen LogP) is 6.94. The first kappa shape index (κ1) is 43.2. The van der Waals surface area contributed by atoms with Crippen molar-refractivity contribution in [2.75, 3.05) is 17.2 Å². The smallest absolute Gasteiger partial charge is 0.255 e. The molecular weight excluding hydrogens is 858 g/mol. The zero-order valence-corrected chi connectivity index (χ0v) is 36.3. The van der Waals surface area contributed by atoms with Crippen LogP contribution in [-0.2, 0) is 37.6 Å². The molecule has 4 atom stereocenters. The van der Waals surface area contributed by atoms with Crippen molar-refractivity contribution in [2.45, 2.75) is 99.7 Å². The number of anilines is 2. The van der Waals surface area contributed by atoms with Crippen LogP contribution in [0.25, 0.3) is 0 Å². The number of nitrogens with zero attached hydrogens (tertiary/aromatic N) is 1. The molecule has 4 aliphatic heterocycles. The Labute approximate surface area is 379 Å². The summed E-state index contributed by atoms with van der Waals surface area (Å²) in [5, 5.41) is 15.2. The van der Waals surface area contributed by atoms with Gasteiger partial charge in [0, 0.05) is 71.3 Å². The van der Waals surface area contributed by atoms with Crippen molar-refractivity contribution >= 4 is 70.0 Å². The van der Waals surface area contributed by atoms with Gasteiger partial charge in [-0.05, 0) is 96.5 Å². The first-order chi connectivity index (χ1) is 30.9. The highest BCUT2D eigenvalue weighted by Crippen LogP contribution is 2.63. The highest BCUT2D eigenvalue weighted by atomic mass is 35.5. The third-order valence-electron chi connectivity index (χ3n) is 13.5. The lowest BCUT2D eigenvalue weighted by Gasteiger charge is -2.47. The molecular formula is C49H45Cl2FN6O6. The van der Waals surface area contributed by atoms with Gasteiger partial charge in [0.15, 0.2) is 0 Å². The van der Waals surface area contributed by atoms with E-state index in [1.54, 1.807) is 54.6 Å². The van der Waals surface area contributed by atoms with E-state index in [2.05, 4.69) is 38.4 Å². The van der Waals surface area contributed by atoms with Crippen LogP contribution in [0.4, 0.5) is 15.8 Å². The van der Waals surface area contributed by atoms with Gasteiger partial charge in [-0.3, -0.25) is 39.4 Å². The molecule has 0 radical (unpaired) electrons. The molecule has 5 N–H and O–H groups in total. The fourth-order valence-corrected chi connectivity index (χ4v) is 11.0. The predicted molar refractivity (Wildman–Crippen MR) is 239 cm³/mol. The van der Waals surface area contributed by atoms with E-state index in [1.807, 2.05) is 18.2 Å². The molecule has 4 aromatic rings. The van der Waals surface area contributed by atoms with E-state index in [0.717, 1.165) is 30.4 Å². The third kappa shape index (κ3) is 7.61. The van der Waals surface area contributed by atoms with Crippen LogP contribution in [0, 0.1) is 17.7 Å². The summed E-state index contributed by atoms with van der Waals surface area (Å²) < 4.78 is 16.2. The third-order valence-corrected chi connectivity index (χ3v) is 14.0. The van der Waals surface area contributed by atoms with Crippen molar-refractivity contribution in [3.63, 3.8) is 0 Å². The summed E-state index contributed by atoms with van der Waals surface area (Å²) in [6.45, 7) is 0.698. The number of carbonyl (C=O) groups excluding carboxylic acids is 6. The van der Waals surface area contributed by atoms with Gasteiger partial charge in [0.25, 0.3) is 11.8 Å². The molecule has 0 aromatic heterocycles. The molecule has 5 aliphatic rings. The van der Waals surface area contributed by atoms with E-state index in [0.29, 0.717) is 84.7 Å². The molecule has 0 bridgehead atoms. The minimum atomic E-state index is -1.36. The Morgan fingerprint density at radius 2 is 1.70 bits per heavy atom. The molecule has 6 amide bonds. The largest absolute Gasteiger partial charge is 0.352 e. The van der Waals surface area contributed by atoms with Gasteiger partial charge >= 0.3 is 0 Å². The molecule has 64 heavy (non-hydrogen) atoms. The quantitative estimate of drug-likeness (QED) is 0.0690. The van der Waals surface area contributed by atoms with Crippen LogP contribution in [0.15, 0.2) is 78.9 Å². The van der Waals surface area contributed by atoms with Gasteiger partial charge in [-0.1, -0.05) is 78.7 Å². The van der Waals surface area contributed by atoms with Crippen molar-refractivity contribution in [2.24, 2.45) is 0 Å². The van der Waals surface area contributed by atoms with Crippen LogP contribution in [0.3, 0.4) is 0 Å². The van der Waals surface area contributed by atoms with Gasteiger partial charge in [-0.25, -0.2) is 4.39 Å². The molecule has 328 valence electrons. The van der Waals surface area contributed by atoms with Crippen LogP contribution in [0.5, 0.6) is 0 Å². The van der Waals surface area contributed by atoms with Crippen molar-refractivity contribution < 1.29 is 33.2 Å². The summed E-state index contributed by atoms with van der Waals surface area (Å²) in [4.78, 5) is 80.6. The summed E-state index contributed by atoms with van der Waals surface area (Å²) in [5.41, 5.74) is 2.28. The van der Waals surface area contributed by atoms with Gasteiger partial charge in [-0.15, -0.1) is 5.92 Å². The minimum Gasteiger partial charge on any atom is -0.352 e. The average Bonchev–Trinajstić information content (AvgIpc) is 3.87. The molecule has 4 aromatic carbocycles. The number of rotatable bonds is 9. The Morgan fingerprint density at radius 3 is 2.48 bits per heavy atom. The van der Waals surface area contributed by atoms with Crippen LogP contribution >= 0.6 is 23.2 Å². The van der Waals surface area contributed by atoms with E-state index in [9.17, 15) is 28.8 Å². The van der Waals surface area contributed by atoms with Crippen LogP contribution in [0.2, 0.25) is 10.0 Å². The summed E-state index contributed by atoms with van der Waals surface area (Å²) in [7, 11) is 0. The van der Waals surface area contributed by atoms with E-state index >= 15 is 4.39 Å². The average molecular weight is 904 g/mol. The second-order valence-electron chi connectivity index (χ2n) is 17.2. The Bertz CT molecular complexity index is 2680. The maximum atomic E-state index is 16.2. The highest BCUT2D eigenvalue weighted by Gasteiger charge is 2.72. The fraction of sp³-hybridized carbons (Fsp3) is 0.347. The van der Waals surface area contributed by atoms with Crippen molar-refractivity contribution in [3.05, 3.63) is 128 Å². The molecule has 12 nitrogen and oxygen atoms in total. The summed E-state index contributed by atoms with van der Waals surface area (Å²) >= 11 is 12.8. The van der Waals surface area contributed by atoms with Gasteiger partial charge in [0.1, 0.15) is 17.3 Å². The summed E-state index contributed by atoms with van der Waals surface area (Å²) in [6.07, 6.45) is 5.95. The summed E-state index contributed by atoms with van der Waals surface area (Å²) in [5.74, 6) is 2.59. The number of nitrogens with one attached hydrogen (secondary N) is 5. The molecule has 1 unspecified atom stereocenters. The number of hydrogen-bond donors (Lipinski definition) is 5. The Morgan fingerprint density at radius 1 is 0.906 bits per heavy atom. The SMILES string of the molecule is O=C1CCC(N2Cc3cc(CC#CCCCNC(=O)c4ccc(NC(=O)[C@@H]5NC6(CCCCC6)[C@@]6(C(=O)Nc7cc(Cl)ccc76)[C@H]5c5cccc(Cl)c5F)cc4)ccc3C2=O)C(=O)N1. The lowest BCUT2D eigenvalue weighted by Crippen LogP contribution is -2.60. The second-order valence-corrected chi connectivity index (χ2v) is 18.0. The van der Waals surface area contributed by atoms with Crippen molar-refractivity contribution in [1.29, 1.82) is 0 Å². The van der Waals surface area contributed by atoms with E-state index in [-0.39, 0.29) is 40.6 Å². The van der Waals surface area contributed by atoms with E-state index < -0.39 is 46.6 Å². The molecule has 15 heteroatoms. The summed E-state index contributed by atoms with van der Waals surface area (Å²) in [6, 6.07) is 20.2. The topological polar surface area (TPSA) is 166 Å². The van der Waals surface area contributed by atoms with Crippen LogP contribution in [-0.4, -0.2) is 64.5 Å². The number of fused-ring (bicyclic) bond motifs is 4. The maximum absolute atomic E-state index is 16.2. The van der Waals surface area contributed by atoms with Crippen LogP contribution in [0.1, 0.15) is 107 Å². The number of carbonyl (C=O) groups is 6. The number of amides is 6. The van der Waals surface area contributed by atoms with Gasteiger partial charge in [-0.2, -0.15) is 0 Å². The zero-order chi connectivity index (χ0) is 44.8. The van der Waals surface area contributed by atoms with E-state index in [1.165, 1.54) is 11.0 Å². The first-order valence-electron chi connectivity index (χ1n) is 21.6. The standard InChI is InChI=1S/C49H45Cl2FN6O6/c50-31-15-19-35-37(26-31)55-47(64)49(35)40(34-10-8-11-36(51)41(34)52)42(57-48(49)22-5-3-6-23-48)45(62)54-32-16-13-29(14-17-32)43(60)53-24-7-2-1-4-9-28-12-18-33-30(25-28)27-58(46(33)63)38-20-21-39(59)56-44(38)61/h8,10-19,25-26,38,40,42,57H,2-3,5-7,9,20-24,27H2,(H,53,60)(H,54,62)(H,55,64)(H,56,59,61)/t38?,40-,42+,49+/m0/s1. The molecule has 9 rings (SSSR count). The molecule has 2 saturated heterocycles. The Hall–Kier alpha value is -6.07. The van der Waals surface area contributed by atoms with Gasteiger partial charge < -0.3 is 20.9 Å². The lowest BCUT2D eigenvalue weighted by atomic mass is 9.55. The van der Waals surface area contributed by atoms with E-state index in [4.69, 9.17) is 23.2 Å². The monoisotopic (exact) mass is 902 g/mol. The number of hydrogen-bond acceptors (Lipinski definition) is 7. The van der Waals surface area contributed by atoms with Crippen LogP contribution < -0.4 is 26.6 Å². The number of piperidine rings is 1. The Balaban J connectivity index is 0.822. The molecule has 3 fully saturated rings. The first-order valence-corrected chi connectivity index (χ1v) is 22.4. The number of benzene rings is 4. The van der Waals surface area contributed by atoms with Gasteiger partial charge in [0.05, 0.1) is 11.1 Å². The molecule has 4 heterocycles. The number of imide groups is 1. The molecule has 1 aliphatic carbocycles.